The second-order valence-corrected chi connectivity index (χ2v) is 4.30. The predicted octanol–water partition coefficient (Wildman–Crippen LogP) is 0.922. The van der Waals surface area contributed by atoms with Crippen LogP contribution in [-0.2, 0) is 4.79 Å². The van der Waals surface area contributed by atoms with Crippen molar-refractivity contribution in [2.45, 2.75) is 12.8 Å². The Morgan fingerprint density at radius 2 is 2.25 bits per heavy atom. The number of nitrogens with one attached hydrogen (secondary N) is 1. The van der Waals surface area contributed by atoms with Crippen LogP contribution in [0.1, 0.15) is 17.0 Å². The molecule has 3 nitrogen and oxygen atoms in total. The van der Waals surface area contributed by atoms with Crippen molar-refractivity contribution in [3.8, 4) is 0 Å². The average Bonchev–Trinajstić information content (AvgIpc) is 2.70. The van der Waals surface area contributed by atoms with Gasteiger partial charge in [0.05, 0.1) is 5.92 Å². The molecular weight excluding hydrogens is 207 g/mol. The van der Waals surface area contributed by atoms with E-state index < -0.39 is 0 Å². The summed E-state index contributed by atoms with van der Waals surface area (Å²) < 4.78 is 13.7. The SMILES string of the molecule is Cc1ccc(F)c(C2CNCC2C(N)=O)c1. The van der Waals surface area contributed by atoms with Crippen LogP contribution in [0.3, 0.4) is 0 Å². The number of hydrogen-bond donors (Lipinski definition) is 2. The molecule has 2 atom stereocenters. The summed E-state index contributed by atoms with van der Waals surface area (Å²) in [6, 6.07) is 4.96. The van der Waals surface area contributed by atoms with Crippen molar-refractivity contribution in [3.05, 3.63) is 35.1 Å². The maximum Gasteiger partial charge on any atom is 0.222 e. The summed E-state index contributed by atoms with van der Waals surface area (Å²) in [5.41, 5.74) is 6.90. The third-order valence-corrected chi connectivity index (χ3v) is 3.13. The summed E-state index contributed by atoms with van der Waals surface area (Å²) in [5.74, 6) is -1.07. The van der Waals surface area contributed by atoms with Gasteiger partial charge in [0.15, 0.2) is 0 Å². The fraction of sp³-hybridized carbons (Fsp3) is 0.417. The number of rotatable bonds is 2. The summed E-state index contributed by atoms with van der Waals surface area (Å²) in [4.78, 5) is 11.2. The van der Waals surface area contributed by atoms with Gasteiger partial charge in [-0.2, -0.15) is 0 Å². The molecule has 1 aliphatic rings. The first-order valence-corrected chi connectivity index (χ1v) is 5.35. The Morgan fingerprint density at radius 3 is 2.94 bits per heavy atom. The lowest BCUT2D eigenvalue weighted by atomic mass is 9.87. The molecule has 2 unspecified atom stereocenters. The summed E-state index contributed by atoms with van der Waals surface area (Å²) in [5, 5.41) is 3.08. The van der Waals surface area contributed by atoms with Gasteiger partial charge in [0, 0.05) is 19.0 Å². The molecule has 0 spiro atoms. The van der Waals surface area contributed by atoms with Gasteiger partial charge >= 0.3 is 0 Å². The van der Waals surface area contributed by atoms with Gasteiger partial charge in [-0.25, -0.2) is 4.39 Å². The molecule has 1 heterocycles. The Kier molecular flexibility index (Phi) is 2.92. The van der Waals surface area contributed by atoms with Gasteiger partial charge in [0.25, 0.3) is 0 Å². The lowest BCUT2D eigenvalue weighted by Crippen LogP contribution is -2.28. The Hall–Kier alpha value is -1.42. The van der Waals surface area contributed by atoms with Crippen molar-refractivity contribution in [2.75, 3.05) is 13.1 Å². The molecule has 3 N–H and O–H groups in total. The standard InChI is InChI=1S/C12H15FN2O/c1-7-2-3-11(13)8(4-7)9-5-15-6-10(9)12(14)16/h2-4,9-10,15H,5-6H2,1H3,(H2,14,16). The third kappa shape index (κ3) is 1.93. The Labute approximate surface area is 93.8 Å². The van der Waals surface area contributed by atoms with E-state index in [2.05, 4.69) is 5.32 Å². The van der Waals surface area contributed by atoms with E-state index in [1.54, 1.807) is 12.1 Å². The number of carbonyl (C=O) groups excluding carboxylic acids is 1. The molecule has 1 fully saturated rings. The highest BCUT2D eigenvalue weighted by Crippen LogP contribution is 2.30. The van der Waals surface area contributed by atoms with E-state index in [9.17, 15) is 9.18 Å². The predicted molar refractivity (Wildman–Crippen MR) is 59.4 cm³/mol. The lowest BCUT2D eigenvalue weighted by molar-refractivity contribution is -0.121. The minimum absolute atomic E-state index is 0.141. The zero-order chi connectivity index (χ0) is 11.7. The molecule has 0 bridgehead atoms. The zero-order valence-electron chi connectivity index (χ0n) is 9.16. The summed E-state index contributed by atoms with van der Waals surface area (Å²) in [6.07, 6.45) is 0. The molecule has 16 heavy (non-hydrogen) atoms. The topological polar surface area (TPSA) is 55.1 Å². The van der Waals surface area contributed by atoms with Crippen LogP contribution >= 0.6 is 0 Å². The second-order valence-electron chi connectivity index (χ2n) is 4.30. The number of primary amides is 1. The van der Waals surface area contributed by atoms with Crippen LogP contribution in [0.5, 0.6) is 0 Å². The molecule has 1 amide bonds. The number of hydrogen-bond acceptors (Lipinski definition) is 2. The molecule has 4 heteroatoms. The lowest BCUT2D eigenvalue weighted by Gasteiger charge is -2.17. The van der Waals surface area contributed by atoms with E-state index in [4.69, 9.17) is 5.73 Å². The summed E-state index contributed by atoms with van der Waals surface area (Å²) in [6.45, 7) is 3.05. The van der Waals surface area contributed by atoms with E-state index in [1.807, 2.05) is 6.92 Å². The third-order valence-electron chi connectivity index (χ3n) is 3.13. The molecule has 2 rings (SSSR count). The highest BCUT2D eigenvalue weighted by molar-refractivity contribution is 5.78. The maximum absolute atomic E-state index is 13.7. The van der Waals surface area contributed by atoms with E-state index in [0.717, 1.165) is 5.56 Å². The molecule has 0 radical (unpaired) electrons. The van der Waals surface area contributed by atoms with Crippen LogP contribution < -0.4 is 11.1 Å². The van der Waals surface area contributed by atoms with Crippen LogP contribution in [0.4, 0.5) is 4.39 Å². The molecule has 1 aliphatic heterocycles. The first kappa shape index (κ1) is 11.1. The van der Waals surface area contributed by atoms with Crippen molar-refractivity contribution < 1.29 is 9.18 Å². The van der Waals surface area contributed by atoms with E-state index >= 15 is 0 Å². The number of halogens is 1. The maximum atomic E-state index is 13.7. The molecule has 0 aliphatic carbocycles. The number of benzene rings is 1. The van der Waals surface area contributed by atoms with Gasteiger partial charge in [-0.1, -0.05) is 17.7 Å². The monoisotopic (exact) mass is 222 g/mol. The average molecular weight is 222 g/mol. The van der Waals surface area contributed by atoms with E-state index in [-0.39, 0.29) is 23.6 Å². The van der Waals surface area contributed by atoms with Gasteiger partial charge in [0.1, 0.15) is 5.82 Å². The number of aryl methyl sites for hydroxylation is 1. The first-order valence-electron chi connectivity index (χ1n) is 5.35. The highest BCUT2D eigenvalue weighted by Gasteiger charge is 2.33. The van der Waals surface area contributed by atoms with Crippen LogP contribution in [0.2, 0.25) is 0 Å². The molecule has 1 aromatic rings. The largest absolute Gasteiger partial charge is 0.369 e. The fourth-order valence-corrected chi connectivity index (χ4v) is 2.25. The van der Waals surface area contributed by atoms with E-state index in [1.165, 1.54) is 6.07 Å². The minimum atomic E-state index is -0.365. The van der Waals surface area contributed by atoms with Gasteiger partial charge in [-0.15, -0.1) is 0 Å². The Balaban J connectivity index is 2.35. The molecular formula is C12H15FN2O. The second kappa shape index (κ2) is 4.22. The van der Waals surface area contributed by atoms with Crippen LogP contribution in [0, 0.1) is 18.7 Å². The first-order chi connectivity index (χ1) is 7.59. The van der Waals surface area contributed by atoms with E-state index in [0.29, 0.717) is 18.7 Å². The van der Waals surface area contributed by atoms with Crippen molar-refractivity contribution in [1.82, 2.24) is 5.32 Å². The Bertz CT molecular complexity index is 419. The summed E-state index contributed by atoms with van der Waals surface area (Å²) in [7, 11) is 0. The summed E-state index contributed by atoms with van der Waals surface area (Å²) >= 11 is 0. The van der Waals surface area contributed by atoms with Crippen LogP contribution in [-0.4, -0.2) is 19.0 Å². The molecule has 0 aromatic heterocycles. The van der Waals surface area contributed by atoms with Crippen LogP contribution in [0.25, 0.3) is 0 Å². The van der Waals surface area contributed by atoms with Crippen molar-refractivity contribution in [3.63, 3.8) is 0 Å². The molecule has 86 valence electrons. The van der Waals surface area contributed by atoms with Gasteiger partial charge < -0.3 is 11.1 Å². The van der Waals surface area contributed by atoms with Crippen LogP contribution in [0.15, 0.2) is 18.2 Å². The van der Waals surface area contributed by atoms with Gasteiger partial charge in [0.2, 0.25) is 5.91 Å². The highest BCUT2D eigenvalue weighted by atomic mass is 19.1. The normalized spacial score (nSPS) is 24.6. The smallest absolute Gasteiger partial charge is 0.222 e. The number of amides is 1. The zero-order valence-corrected chi connectivity index (χ0v) is 9.16. The van der Waals surface area contributed by atoms with Crippen molar-refractivity contribution in [2.24, 2.45) is 11.7 Å². The number of nitrogens with two attached hydrogens (primary N) is 1. The molecule has 1 aromatic carbocycles. The van der Waals surface area contributed by atoms with Crippen molar-refractivity contribution >= 4 is 5.91 Å². The van der Waals surface area contributed by atoms with Crippen molar-refractivity contribution in [1.29, 1.82) is 0 Å². The fourth-order valence-electron chi connectivity index (χ4n) is 2.25. The Morgan fingerprint density at radius 1 is 1.50 bits per heavy atom. The molecule has 0 saturated carbocycles. The number of carbonyl (C=O) groups is 1. The van der Waals surface area contributed by atoms with Gasteiger partial charge in [-0.3, -0.25) is 4.79 Å². The van der Waals surface area contributed by atoms with Gasteiger partial charge in [-0.05, 0) is 18.6 Å². The minimum Gasteiger partial charge on any atom is -0.369 e. The quantitative estimate of drug-likeness (QED) is 0.782. The molecule has 1 saturated heterocycles.